The van der Waals surface area contributed by atoms with Crippen LogP contribution in [0.2, 0.25) is 5.02 Å². The molecule has 0 saturated carbocycles. The number of amides is 2. The lowest BCUT2D eigenvalue weighted by Crippen LogP contribution is -2.60. The molecule has 1 N–H and O–H groups in total. The van der Waals surface area contributed by atoms with E-state index in [4.69, 9.17) is 30.5 Å². The first-order valence-electron chi connectivity index (χ1n) is 14.7. The van der Waals surface area contributed by atoms with Gasteiger partial charge >= 0.3 is 12.2 Å². The second kappa shape index (κ2) is 11.8. The molecule has 5 rings (SSSR count). The zero-order valence-corrected chi connectivity index (χ0v) is 27.1. The number of halogens is 2. The van der Waals surface area contributed by atoms with Gasteiger partial charge in [-0.25, -0.2) is 19.0 Å². The monoisotopic (exact) mass is 648 g/mol. The molecule has 0 radical (unpaired) electrons. The van der Waals surface area contributed by atoms with Gasteiger partial charge in [0.1, 0.15) is 51.5 Å². The van der Waals surface area contributed by atoms with Gasteiger partial charge in [-0.1, -0.05) is 17.7 Å². The van der Waals surface area contributed by atoms with Gasteiger partial charge in [0.15, 0.2) is 5.75 Å². The zero-order valence-electron chi connectivity index (χ0n) is 26.3. The summed E-state index contributed by atoms with van der Waals surface area (Å²) in [5.74, 6) is -1.32. The summed E-state index contributed by atoms with van der Waals surface area (Å²) in [5, 5.41) is 10.2. The van der Waals surface area contributed by atoms with E-state index in [1.807, 2.05) is 0 Å². The van der Waals surface area contributed by atoms with E-state index in [1.165, 1.54) is 17.0 Å². The van der Waals surface area contributed by atoms with Crippen molar-refractivity contribution in [2.45, 2.75) is 77.9 Å². The highest BCUT2D eigenvalue weighted by Crippen LogP contribution is 2.47. The Hall–Kier alpha value is -3.84. The van der Waals surface area contributed by atoms with Crippen LogP contribution in [0.15, 0.2) is 18.2 Å². The molecule has 12 nitrogen and oxygen atoms in total. The molecule has 45 heavy (non-hydrogen) atoms. The number of fused-ring (bicyclic) bond motifs is 2. The fourth-order valence-corrected chi connectivity index (χ4v) is 5.65. The highest BCUT2D eigenvalue weighted by Gasteiger charge is 2.45. The number of anilines is 1. The molecule has 2 unspecified atom stereocenters. The Labute approximate surface area is 265 Å². The third-order valence-corrected chi connectivity index (χ3v) is 7.95. The van der Waals surface area contributed by atoms with Gasteiger partial charge in [0.05, 0.1) is 23.8 Å². The highest BCUT2D eigenvalue weighted by molar-refractivity contribution is 6.35. The predicted octanol–water partition coefficient (Wildman–Crippen LogP) is 4.88. The summed E-state index contributed by atoms with van der Waals surface area (Å²) in [4.78, 5) is 49.1. The van der Waals surface area contributed by atoms with Crippen molar-refractivity contribution in [3.8, 4) is 22.8 Å². The van der Waals surface area contributed by atoms with E-state index in [1.54, 1.807) is 58.3 Å². The van der Waals surface area contributed by atoms with Crippen LogP contribution in [-0.2, 0) is 9.47 Å². The SMILES string of the molecule is CC1C(O)CN1c1nc(-c2c(F)cccc2OC(=O)OC(C)(C)C)c(Cl)c2c1C(=O)N1CCN(C(=O)OC(C)(C)C)C[C@@H]1CO2. The summed E-state index contributed by atoms with van der Waals surface area (Å²) >= 11 is 6.89. The molecule has 2 amide bonds. The Morgan fingerprint density at radius 1 is 1.04 bits per heavy atom. The number of nitrogens with zero attached hydrogens (tertiary/aromatic N) is 4. The van der Waals surface area contributed by atoms with E-state index in [2.05, 4.69) is 4.98 Å². The molecule has 2 aromatic rings. The Morgan fingerprint density at radius 2 is 1.73 bits per heavy atom. The van der Waals surface area contributed by atoms with E-state index in [0.717, 1.165) is 6.07 Å². The number of pyridine rings is 1. The van der Waals surface area contributed by atoms with Gasteiger partial charge in [0.2, 0.25) is 0 Å². The number of piperazine rings is 1. The minimum absolute atomic E-state index is 0.0278. The Morgan fingerprint density at radius 3 is 2.36 bits per heavy atom. The Bertz CT molecular complexity index is 1520. The van der Waals surface area contributed by atoms with Crippen molar-refractivity contribution in [3.63, 3.8) is 0 Å². The summed E-state index contributed by atoms with van der Waals surface area (Å²) in [6.07, 6.45) is -2.25. The predicted molar refractivity (Wildman–Crippen MR) is 162 cm³/mol. The summed E-state index contributed by atoms with van der Waals surface area (Å²) in [6, 6.07) is 2.93. The molecule has 3 atom stereocenters. The smallest absolute Gasteiger partial charge is 0.489 e. The Balaban J connectivity index is 1.58. The van der Waals surface area contributed by atoms with Gasteiger partial charge in [-0.05, 0) is 60.6 Å². The molecular weight excluding hydrogens is 611 g/mol. The molecule has 0 aliphatic carbocycles. The number of aliphatic hydroxyl groups excluding tert-OH is 1. The average Bonchev–Trinajstić information content (AvgIpc) is 3.07. The maximum absolute atomic E-state index is 15.6. The van der Waals surface area contributed by atoms with Crippen molar-refractivity contribution in [1.82, 2.24) is 14.8 Å². The quantitative estimate of drug-likeness (QED) is 0.363. The van der Waals surface area contributed by atoms with Crippen LogP contribution >= 0.6 is 11.6 Å². The summed E-state index contributed by atoms with van der Waals surface area (Å²) in [6.45, 7) is 12.8. The second-order valence-corrected chi connectivity index (χ2v) is 13.7. The molecule has 0 spiro atoms. The number of hydrogen-bond donors (Lipinski definition) is 1. The van der Waals surface area contributed by atoms with Gasteiger partial charge < -0.3 is 38.8 Å². The summed E-state index contributed by atoms with van der Waals surface area (Å²) < 4.78 is 38.0. The molecule has 2 fully saturated rings. The van der Waals surface area contributed by atoms with Crippen molar-refractivity contribution in [3.05, 3.63) is 34.6 Å². The van der Waals surface area contributed by atoms with Crippen molar-refractivity contribution >= 4 is 35.6 Å². The van der Waals surface area contributed by atoms with Crippen molar-refractivity contribution < 1.29 is 42.8 Å². The minimum Gasteiger partial charge on any atom is -0.489 e. The van der Waals surface area contributed by atoms with Gasteiger partial charge in [-0.3, -0.25) is 4.79 Å². The average molecular weight is 649 g/mol. The maximum Gasteiger partial charge on any atom is 0.514 e. The standard InChI is InChI=1S/C31H38ClFN4O8/c1-16-19(38)14-37(16)26-22-25(42-15-17-13-35(11-12-36(17)27(22)39)28(40)44-30(2,3)4)23(32)24(34-26)21-18(33)9-8-10-20(21)43-29(41)45-31(5,6)7/h8-10,16-17,19,38H,11-15H2,1-7H3/t16?,17-,19?/m1/s1. The molecule has 1 aromatic heterocycles. The van der Waals surface area contributed by atoms with Crippen LogP contribution in [0, 0.1) is 5.82 Å². The molecule has 0 bridgehead atoms. The first kappa shape index (κ1) is 32.6. The van der Waals surface area contributed by atoms with Crippen LogP contribution < -0.4 is 14.4 Å². The van der Waals surface area contributed by atoms with Crippen molar-refractivity contribution in [2.75, 3.05) is 37.7 Å². The molecule has 3 aliphatic rings. The maximum atomic E-state index is 15.6. The minimum atomic E-state index is -1.06. The molecular formula is C31H38ClFN4O8. The highest BCUT2D eigenvalue weighted by atomic mass is 35.5. The number of carbonyl (C=O) groups excluding carboxylic acids is 3. The molecule has 1 aromatic carbocycles. The lowest BCUT2D eigenvalue weighted by Gasteiger charge is -2.45. The van der Waals surface area contributed by atoms with E-state index in [9.17, 15) is 19.5 Å². The van der Waals surface area contributed by atoms with Gasteiger partial charge in [0.25, 0.3) is 5.91 Å². The lowest BCUT2D eigenvalue weighted by atomic mass is 9.98. The normalized spacial score (nSPS) is 21.6. The first-order chi connectivity index (χ1) is 20.9. The third kappa shape index (κ3) is 6.60. The van der Waals surface area contributed by atoms with Crippen molar-refractivity contribution in [1.29, 1.82) is 0 Å². The van der Waals surface area contributed by atoms with Crippen LogP contribution in [0.5, 0.6) is 11.5 Å². The fourth-order valence-electron chi connectivity index (χ4n) is 5.36. The molecule has 2 saturated heterocycles. The zero-order chi connectivity index (χ0) is 33.0. The van der Waals surface area contributed by atoms with E-state index in [-0.39, 0.29) is 71.9 Å². The summed E-state index contributed by atoms with van der Waals surface area (Å²) in [7, 11) is 0. The largest absolute Gasteiger partial charge is 0.514 e. The van der Waals surface area contributed by atoms with Crippen LogP contribution in [0.1, 0.15) is 58.8 Å². The first-order valence-corrected chi connectivity index (χ1v) is 15.1. The van der Waals surface area contributed by atoms with Gasteiger partial charge in [-0.15, -0.1) is 0 Å². The molecule has 4 heterocycles. The number of aromatic nitrogens is 1. The number of β-amino-alcohol motifs (C(OH)–C–C–N with tert-alkyl or cyclic N) is 1. The number of aliphatic hydroxyl groups is 1. The van der Waals surface area contributed by atoms with Crippen LogP contribution in [-0.4, -0.2) is 100 Å². The van der Waals surface area contributed by atoms with E-state index < -0.39 is 53.4 Å². The molecule has 244 valence electrons. The second-order valence-electron chi connectivity index (χ2n) is 13.3. The Kier molecular flexibility index (Phi) is 8.56. The lowest BCUT2D eigenvalue weighted by molar-refractivity contribution is 0.000928. The number of rotatable bonds is 3. The van der Waals surface area contributed by atoms with Gasteiger partial charge in [-0.2, -0.15) is 0 Å². The van der Waals surface area contributed by atoms with Crippen LogP contribution in [0.4, 0.5) is 19.8 Å². The molecule has 3 aliphatic heterocycles. The fraction of sp³-hybridized carbons (Fsp3) is 0.548. The number of ether oxygens (including phenoxy) is 4. The summed E-state index contributed by atoms with van der Waals surface area (Å²) in [5.41, 5.74) is -1.87. The van der Waals surface area contributed by atoms with Crippen molar-refractivity contribution in [2.24, 2.45) is 0 Å². The van der Waals surface area contributed by atoms with E-state index >= 15 is 4.39 Å². The number of hydrogen-bond acceptors (Lipinski definition) is 10. The number of benzene rings is 1. The van der Waals surface area contributed by atoms with Crippen LogP contribution in [0.3, 0.4) is 0 Å². The third-order valence-electron chi connectivity index (χ3n) is 7.60. The van der Waals surface area contributed by atoms with Gasteiger partial charge in [0, 0.05) is 26.2 Å². The van der Waals surface area contributed by atoms with Crippen LogP contribution in [0.25, 0.3) is 11.3 Å². The topological polar surface area (TPSA) is 131 Å². The number of carbonyl (C=O) groups is 3. The molecule has 14 heteroatoms. The van der Waals surface area contributed by atoms with E-state index in [0.29, 0.717) is 0 Å².